The van der Waals surface area contributed by atoms with Crippen molar-refractivity contribution in [1.82, 2.24) is 26.3 Å². The number of carbonyl (C=O) groups excluding carboxylic acids is 3. The zero-order valence-corrected chi connectivity index (χ0v) is 23.6. The van der Waals surface area contributed by atoms with Gasteiger partial charge in [-0.25, -0.2) is 4.79 Å². The summed E-state index contributed by atoms with van der Waals surface area (Å²) in [5.41, 5.74) is 12.4. The maximum absolute atomic E-state index is 13.7. The Balaban J connectivity index is 1.77. The van der Waals surface area contributed by atoms with Gasteiger partial charge in [-0.2, -0.15) is 0 Å². The third kappa shape index (κ3) is 8.93. The Morgan fingerprint density at radius 1 is 1.10 bits per heavy atom. The molecule has 10 N–H and O–H groups in total. The van der Waals surface area contributed by atoms with Gasteiger partial charge in [0.05, 0.1) is 6.04 Å². The van der Waals surface area contributed by atoms with Crippen molar-refractivity contribution in [3.05, 3.63) is 36.0 Å². The molecule has 3 amide bonds. The summed E-state index contributed by atoms with van der Waals surface area (Å²) in [6.45, 7) is 4.62. The van der Waals surface area contributed by atoms with E-state index in [1.807, 2.05) is 37.4 Å². The quantitative estimate of drug-likeness (QED) is 0.0832. The number of aliphatic carboxylic acids is 1. The lowest BCUT2D eigenvalue weighted by Gasteiger charge is -2.28. The highest BCUT2D eigenvalue weighted by Crippen LogP contribution is 2.20. The molecule has 13 heteroatoms. The largest absolute Gasteiger partial charge is 0.480 e. The molecule has 0 radical (unpaired) electrons. The van der Waals surface area contributed by atoms with Gasteiger partial charge in [0, 0.05) is 30.1 Å². The molecule has 2 aromatic rings. The number of nitrogens with two attached hydrogens (primary N) is 2. The summed E-state index contributed by atoms with van der Waals surface area (Å²) >= 11 is 0. The molecule has 0 spiro atoms. The highest BCUT2D eigenvalue weighted by Gasteiger charge is 2.33. The van der Waals surface area contributed by atoms with Crippen LogP contribution >= 0.6 is 0 Å². The van der Waals surface area contributed by atoms with Crippen LogP contribution in [0.3, 0.4) is 0 Å². The minimum absolute atomic E-state index is 0.0987. The third-order valence-electron chi connectivity index (χ3n) is 7.46. The Morgan fingerprint density at radius 3 is 2.51 bits per heavy atom. The molecule has 0 aliphatic carbocycles. The van der Waals surface area contributed by atoms with Crippen molar-refractivity contribution in [2.45, 2.75) is 76.5 Å². The van der Waals surface area contributed by atoms with E-state index in [1.165, 1.54) is 0 Å². The van der Waals surface area contributed by atoms with E-state index >= 15 is 0 Å². The van der Waals surface area contributed by atoms with E-state index in [0.29, 0.717) is 19.3 Å². The van der Waals surface area contributed by atoms with E-state index in [4.69, 9.17) is 11.5 Å². The van der Waals surface area contributed by atoms with Gasteiger partial charge in [-0.1, -0.05) is 38.5 Å². The monoisotopic (exact) mass is 570 g/mol. The summed E-state index contributed by atoms with van der Waals surface area (Å²) in [7, 11) is 0. The second kappa shape index (κ2) is 15.0. The fourth-order valence-corrected chi connectivity index (χ4v) is 4.89. The summed E-state index contributed by atoms with van der Waals surface area (Å²) < 4.78 is 0. The van der Waals surface area contributed by atoms with Crippen molar-refractivity contribution in [1.29, 1.82) is 0 Å². The van der Waals surface area contributed by atoms with Gasteiger partial charge in [-0.05, 0) is 49.8 Å². The summed E-state index contributed by atoms with van der Waals surface area (Å²) in [5, 5.41) is 22.0. The van der Waals surface area contributed by atoms with Crippen LogP contribution in [0.5, 0.6) is 0 Å². The first-order chi connectivity index (χ1) is 19.6. The van der Waals surface area contributed by atoms with E-state index < -0.39 is 42.0 Å². The Labute approximate surface area is 239 Å². The number of amides is 3. The fourth-order valence-electron chi connectivity index (χ4n) is 4.89. The molecule has 1 fully saturated rings. The lowest BCUT2D eigenvalue weighted by Crippen LogP contribution is -2.59. The fraction of sp³-hybridized carbons (Fsp3) is 0.536. The van der Waals surface area contributed by atoms with Gasteiger partial charge in [-0.15, -0.1) is 0 Å². The topological polar surface area (TPSA) is 217 Å². The van der Waals surface area contributed by atoms with E-state index in [1.54, 1.807) is 6.92 Å². The molecule has 2 heterocycles. The minimum Gasteiger partial charge on any atom is -0.480 e. The summed E-state index contributed by atoms with van der Waals surface area (Å²) in [5.74, 6) is -3.03. The normalized spacial score (nSPS) is 17.7. The number of aromatic nitrogens is 1. The zero-order chi connectivity index (χ0) is 29.9. The Kier molecular flexibility index (Phi) is 11.5. The smallest absolute Gasteiger partial charge is 0.326 e. The lowest BCUT2D eigenvalue weighted by atomic mass is 9.96. The number of H-pyrrole nitrogens is 1. The van der Waals surface area contributed by atoms with Gasteiger partial charge < -0.3 is 42.8 Å². The van der Waals surface area contributed by atoms with Crippen molar-refractivity contribution in [3.63, 3.8) is 0 Å². The molecule has 5 atom stereocenters. The highest BCUT2D eigenvalue weighted by molar-refractivity contribution is 5.95. The Hall–Kier alpha value is -4.13. The number of rotatable bonds is 15. The second-order valence-corrected chi connectivity index (χ2v) is 10.5. The number of carboxylic acid groups (broad SMARTS) is 1. The van der Waals surface area contributed by atoms with Crippen molar-refractivity contribution in [2.24, 2.45) is 22.4 Å². The average Bonchev–Trinajstić information content (AvgIpc) is 3.63. The first kappa shape index (κ1) is 31.4. The standard InChI is InChI=1S/C28H42N8O5/c1-3-16(2)23(26(39)34-21(27(40)41)11-7-13-32-28(29)30)36-25(38)22(35-24(37)20-10-6-12-31-20)14-17-15-33-19-9-5-4-8-18(17)19/h4-5,8-9,15-16,20-23,31,33H,3,6-7,10-14H2,1-2H3,(H,34,39)(H,35,37)(H,36,38)(H,40,41)(H4,29,30,32). The first-order valence-electron chi connectivity index (χ1n) is 14.1. The maximum atomic E-state index is 13.7. The van der Waals surface area contributed by atoms with Crippen LogP contribution in [0.4, 0.5) is 0 Å². The summed E-state index contributed by atoms with van der Waals surface area (Å²) in [4.78, 5) is 58.9. The average molecular weight is 571 g/mol. The molecule has 0 bridgehead atoms. The minimum atomic E-state index is -1.20. The van der Waals surface area contributed by atoms with E-state index in [0.717, 1.165) is 29.4 Å². The molecule has 1 aromatic heterocycles. The summed E-state index contributed by atoms with van der Waals surface area (Å²) in [6.07, 6.45) is 4.53. The van der Waals surface area contributed by atoms with Gasteiger partial charge >= 0.3 is 5.97 Å². The molecule has 3 rings (SSSR count). The number of fused-ring (bicyclic) bond motifs is 1. The van der Waals surface area contributed by atoms with Crippen molar-refractivity contribution < 1.29 is 24.3 Å². The number of nitrogens with zero attached hydrogens (tertiary/aromatic N) is 1. The van der Waals surface area contributed by atoms with Crippen LogP contribution in [0, 0.1) is 5.92 Å². The molecule has 1 aromatic carbocycles. The Morgan fingerprint density at radius 2 is 1.85 bits per heavy atom. The number of hydrogen-bond acceptors (Lipinski definition) is 6. The first-order valence-corrected chi connectivity index (χ1v) is 14.1. The lowest BCUT2D eigenvalue weighted by molar-refractivity contribution is -0.143. The SMILES string of the molecule is CCC(C)C(NC(=O)C(Cc1c[nH]c2ccccc12)NC(=O)C1CCCN1)C(=O)NC(CCCN=C(N)N)C(=O)O. The molecule has 1 aliphatic heterocycles. The molecule has 41 heavy (non-hydrogen) atoms. The van der Waals surface area contributed by atoms with Crippen LogP contribution in [0.15, 0.2) is 35.5 Å². The number of carbonyl (C=O) groups is 4. The van der Waals surface area contributed by atoms with Crippen LogP contribution < -0.4 is 32.7 Å². The van der Waals surface area contributed by atoms with E-state index in [-0.39, 0.29) is 37.2 Å². The van der Waals surface area contributed by atoms with Crippen molar-refractivity contribution in [3.8, 4) is 0 Å². The molecular weight excluding hydrogens is 528 g/mol. The second-order valence-electron chi connectivity index (χ2n) is 10.5. The van der Waals surface area contributed by atoms with Crippen molar-refractivity contribution in [2.75, 3.05) is 13.1 Å². The van der Waals surface area contributed by atoms with Crippen LogP contribution in [0.25, 0.3) is 10.9 Å². The number of nitrogens with one attached hydrogen (secondary N) is 5. The molecule has 1 aliphatic rings. The van der Waals surface area contributed by atoms with Crippen LogP contribution in [-0.2, 0) is 25.6 Å². The number of guanidine groups is 1. The molecule has 1 saturated heterocycles. The number of para-hydroxylation sites is 1. The van der Waals surface area contributed by atoms with Gasteiger partial charge in [0.15, 0.2) is 5.96 Å². The number of hydrogen-bond donors (Lipinski definition) is 8. The molecule has 5 unspecified atom stereocenters. The van der Waals surface area contributed by atoms with Gasteiger partial charge in [0.25, 0.3) is 0 Å². The number of benzene rings is 1. The summed E-state index contributed by atoms with van der Waals surface area (Å²) in [6, 6.07) is 4.11. The predicted molar refractivity (Wildman–Crippen MR) is 156 cm³/mol. The number of carboxylic acids is 1. The van der Waals surface area contributed by atoms with E-state index in [2.05, 4.69) is 31.2 Å². The molecule has 224 valence electrons. The molecular formula is C28H42N8O5. The van der Waals surface area contributed by atoms with Crippen molar-refractivity contribution >= 4 is 40.6 Å². The van der Waals surface area contributed by atoms with Crippen LogP contribution in [0.2, 0.25) is 0 Å². The number of aliphatic imine (C=N–C) groups is 1. The number of aromatic amines is 1. The van der Waals surface area contributed by atoms with E-state index in [9.17, 15) is 24.3 Å². The van der Waals surface area contributed by atoms with Crippen LogP contribution in [-0.4, -0.2) is 77.0 Å². The molecule has 13 nitrogen and oxygen atoms in total. The van der Waals surface area contributed by atoms with Gasteiger partial charge in [0.1, 0.15) is 18.1 Å². The van der Waals surface area contributed by atoms with Gasteiger partial charge in [-0.3, -0.25) is 19.4 Å². The zero-order valence-electron chi connectivity index (χ0n) is 23.6. The van der Waals surface area contributed by atoms with Gasteiger partial charge in [0.2, 0.25) is 17.7 Å². The third-order valence-corrected chi connectivity index (χ3v) is 7.46. The van der Waals surface area contributed by atoms with Crippen LogP contribution in [0.1, 0.15) is 51.5 Å². The maximum Gasteiger partial charge on any atom is 0.326 e. The Bertz CT molecular complexity index is 1240. The highest BCUT2D eigenvalue weighted by atomic mass is 16.4. The molecule has 0 saturated carbocycles. The predicted octanol–water partition coefficient (Wildman–Crippen LogP) is 0.101.